The van der Waals surface area contributed by atoms with Gasteiger partial charge >= 0.3 is 6.03 Å². The van der Waals surface area contributed by atoms with Crippen molar-refractivity contribution in [2.24, 2.45) is 0 Å². The predicted molar refractivity (Wildman–Crippen MR) is 111 cm³/mol. The molecule has 0 radical (unpaired) electrons. The number of nitriles is 1. The summed E-state index contributed by atoms with van der Waals surface area (Å²) >= 11 is 7.87. The van der Waals surface area contributed by atoms with E-state index in [9.17, 15) is 14.4 Å². The first-order chi connectivity index (χ1) is 13.4. The summed E-state index contributed by atoms with van der Waals surface area (Å²) in [5.41, 5.74) is 0.675. The van der Waals surface area contributed by atoms with Crippen molar-refractivity contribution in [1.29, 1.82) is 5.26 Å². The topological polar surface area (TPSA) is 99.5 Å². The van der Waals surface area contributed by atoms with Crippen LogP contribution in [0.25, 0.3) is 6.08 Å². The first-order valence-electron chi connectivity index (χ1n) is 7.87. The molecule has 0 bridgehead atoms. The van der Waals surface area contributed by atoms with E-state index in [1.165, 1.54) is 18.2 Å². The molecule has 1 aliphatic rings. The van der Waals surface area contributed by atoms with Crippen LogP contribution in [0.3, 0.4) is 0 Å². The van der Waals surface area contributed by atoms with Gasteiger partial charge in [-0.15, -0.1) is 0 Å². The summed E-state index contributed by atoms with van der Waals surface area (Å²) in [6.07, 6.45) is 1.39. The number of barbiturate groups is 1. The maximum absolute atomic E-state index is 12.8. The van der Waals surface area contributed by atoms with Crippen molar-refractivity contribution >= 4 is 63.8 Å². The van der Waals surface area contributed by atoms with Gasteiger partial charge in [0.2, 0.25) is 0 Å². The summed E-state index contributed by atoms with van der Waals surface area (Å²) in [6.45, 7) is -0.0878. The second-order valence-electron chi connectivity index (χ2n) is 5.57. The van der Waals surface area contributed by atoms with Gasteiger partial charge in [0.05, 0.1) is 9.26 Å². The largest absolute Gasteiger partial charge is 0.478 e. The van der Waals surface area contributed by atoms with Crippen LogP contribution in [0.5, 0.6) is 5.75 Å². The van der Waals surface area contributed by atoms with Crippen molar-refractivity contribution in [3.05, 3.63) is 62.2 Å². The first kappa shape index (κ1) is 19.9. The molecule has 0 atom stereocenters. The number of nitrogens with zero attached hydrogens (tertiary/aromatic N) is 2. The van der Waals surface area contributed by atoms with Crippen LogP contribution in [0.15, 0.2) is 48.0 Å². The smallest absolute Gasteiger partial charge is 0.335 e. The van der Waals surface area contributed by atoms with E-state index >= 15 is 0 Å². The van der Waals surface area contributed by atoms with Gasteiger partial charge < -0.3 is 4.74 Å². The normalized spacial score (nSPS) is 15.4. The SMILES string of the molecule is N#CCOc1ccc(/C=C2\C(=O)NC(=O)N(c3ccc(Cl)cc3)C2=O)cc1I. The van der Waals surface area contributed by atoms with E-state index in [2.05, 4.69) is 5.32 Å². The van der Waals surface area contributed by atoms with Crippen LogP contribution in [0.1, 0.15) is 5.56 Å². The number of ether oxygens (including phenoxy) is 1. The zero-order chi connectivity index (χ0) is 20.3. The maximum Gasteiger partial charge on any atom is 0.335 e. The molecule has 0 aliphatic carbocycles. The average molecular weight is 508 g/mol. The Morgan fingerprint density at radius 3 is 2.54 bits per heavy atom. The summed E-state index contributed by atoms with van der Waals surface area (Å²) in [5.74, 6) is -1.00. The molecule has 0 spiro atoms. The minimum atomic E-state index is -0.829. The second kappa shape index (κ2) is 8.41. The van der Waals surface area contributed by atoms with Crippen molar-refractivity contribution in [2.75, 3.05) is 11.5 Å². The third-order valence-electron chi connectivity index (χ3n) is 3.75. The monoisotopic (exact) mass is 507 g/mol. The molecule has 4 amide bonds. The molecular formula is C19H11ClIN3O4. The Hall–Kier alpha value is -2.90. The number of halogens is 2. The minimum Gasteiger partial charge on any atom is -0.478 e. The molecule has 140 valence electrons. The number of benzene rings is 2. The van der Waals surface area contributed by atoms with Gasteiger partial charge in [0.25, 0.3) is 11.8 Å². The Morgan fingerprint density at radius 2 is 1.89 bits per heavy atom. The van der Waals surface area contributed by atoms with Gasteiger partial charge in [-0.2, -0.15) is 5.26 Å². The Bertz CT molecular complexity index is 1040. The lowest BCUT2D eigenvalue weighted by Gasteiger charge is -2.26. The van der Waals surface area contributed by atoms with Gasteiger partial charge in [0, 0.05) is 5.02 Å². The number of hydrogen-bond donors (Lipinski definition) is 1. The van der Waals surface area contributed by atoms with Crippen molar-refractivity contribution in [3.8, 4) is 11.8 Å². The molecule has 0 aromatic heterocycles. The number of nitrogens with one attached hydrogen (secondary N) is 1. The van der Waals surface area contributed by atoms with Crippen molar-refractivity contribution in [3.63, 3.8) is 0 Å². The van der Waals surface area contributed by atoms with E-state index in [1.54, 1.807) is 30.3 Å². The Morgan fingerprint density at radius 1 is 1.18 bits per heavy atom. The molecule has 1 fully saturated rings. The van der Waals surface area contributed by atoms with Gasteiger partial charge in [-0.3, -0.25) is 14.9 Å². The summed E-state index contributed by atoms with van der Waals surface area (Å²) < 4.78 is 5.98. The number of urea groups is 1. The third-order valence-corrected chi connectivity index (χ3v) is 4.84. The van der Waals surface area contributed by atoms with Gasteiger partial charge in [0.1, 0.15) is 17.4 Å². The summed E-state index contributed by atoms with van der Waals surface area (Å²) in [4.78, 5) is 38.1. The molecule has 1 heterocycles. The standard InChI is InChI=1S/C19H11ClIN3O4/c20-12-2-4-13(5-3-12)24-18(26)14(17(25)23-19(24)27)9-11-1-6-16(15(21)10-11)28-8-7-22/h1-6,9-10H,8H2,(H,23,25,27)/b14-9+. The van der Waals surface area contributed by atoms with E-state index in [4.69, 9.17) is 21.6 Å². The number of amides is 4. The minimum absolute atomic E-state index is 0.0878. The fraction of sp³-hybridized carbons (Fsp3) is 0.0526. The van der Waals surface area contributed by atoms with Crippen molar-refractivity contribution in [2.45, 2.75) is 0 Å². The van der Waals surface area contributed by atoms with Crippen LogP contribution in [-0.2, 0) is 9.59 Å². The molecular weight excluding hydrogens is 497 g/mol. The van der Waals surface area contributed by atoms with E-state index < -0.39 is 17.8 Å². The number of carbonyl (C=O) groups excluding carboxylic acids is 3. The highest BCUT2D eigenvalue weighted by atomic mass is 127. The molecule has 1 N–H and O–H groups in total. The Kier molecular flexibility index (Phi) is 5.96. The highest BCUT2D eigenvalue weighted by Crippen LogP contribution is 2.26. The summed E-state index contributed by atoms with van der Waals surface area (Å²) in [5, 5.41) is 11.2. The van der Waals surface area contributed by atoms with Crippen LogP contribution in [0.2, 0.25) is 5.02 Å². The zero-order valence-corrected chi connectivity index (χ0v) is 17.0. The number of anilines is 1. The molecule has 2 aromatic rings. The second-order valence-corrected chi connectivity index (χ2v) is 7.17. The lowest BCUT2D eigenvalue weighted by atomic mass is 10.1. The fourth-order valence-electron chi connectivity index (χ4n) is 2.48. The molecule has 3 rings (SSSR count). The van der Waals surface area contributed by atoms with Gasteiger partial charge in [-0.1, -0.05) is 17.7 Å². The Labute approximate surface area is 178 Å². The Balaban J connectivity index is 1.94. The highest BCUT2D eigenvalue weighted by Gasteiger charge is 2.36. The molecule has 1 aliphatic heterocycles. The van der Waals surface area contributed by atoms with Crippen LogP contribution < -0.4 is 15.0 Å². The lowest BCUT2D eigenvalue weighted by molar-refractivity contribution is -0.122. The highest BCUT2D eigenvalue weighted by molar-refractivity contribution is 14.1. The van der Waals surface area contributed by atoms with Gasteiger partial charge in [-0.05, 0) is 70.6 Å². The number of hydrogen-bond acceptors (Lipinski definition) is 5. The van der Waals surface area contributed by atoms with Gasteiger partial charge in [-0.25, -0.2) is 9.69 Å². The number of imide groups is 2. The van der Waals surface area contributed by atoms with E-state index in [0.29, 0.717) is 25.6 Å². The average Bonchev–Trinajstić information content (AvgIpc) is 2.66. The number of carbonyl (C=O) groups is 3. The van der Waals surface area contributed by atoms with Crippen LogP contribution >= 0.6 is 34.2 Å². The first-order valence-corrected chi connectivity index (χ1v) is 9.32. The summed E-state index contributed by atoms with van der Waals surface area (Å²) in [6, 6.07) is 12.1. The fourth-order valence-corrected chi connectivity index (χ4v) is 3.30. The third kappa shape index (κ3) is 4.16. The molecule has 0 unspecified atom stereocenters. The van der Waals surface area contributed by atoms with Crippen LogP contribution in [0.4, 0.5) is 10.5 Å². The van der Waals surface area contributed by atoms with E-state index in [1.807, 2.05) is 28.7 Å². The van der Waals surface area contributed by atoms with E-state index in [0.717, 1.165) is 4.90 Å². The molecule has 28 heavy (non-hydrogen) atoms. The van der Waals surface area contributed by atoms with Crippen LogP contribution in [0, 0.1) is 14.9 Å². The van der Waals surface area contributed by atoms with Crippen molar-refractivity contribution in [1.82, 2.24) is 5.32 Å². The number of rotatable bonds is 4. The summed E-state index contributed by atoms with van der Waals surface area (Å²) in [7, 11) is 0. The quantitative estimate of drug-likeness (QED) is 0.388. The lowest BCUT2D eigenvalue weighted by Crippen LogP contribution is -2.54. The van der Waals surface area contributed by atoms with Crippen molar-refractivity contribution < 1.29 is 19.1 Å². The van der Waals surface area contributed by atoms with Gasteiger partial charge in [0.15, 0.2) is 6.61 Å². The van der Waals surface area contributed by atoms with Crippen LogP contribution in [-0.4, -0.2) is 24.5 Å². The maximum atomic E-state index is 12.8. The predicted octanol–water partition coefficient (Wildman–Crippen LogP) is 3.51. The molecule has 1 saturated heterocycles. The molecule has 9 heteroatoms. The molecule has 2 aromatic carbocycles. The molecule has 7 nitrogen and oxygen atoms in total. The molecule has 0 saturated carbocycles. The van der Waals surface area contributed by atoms with E-state index in [-0.39, 0.29) is 12.2 Å². The zero-order valence-electron chi connectivity index (χ0n) is 14.1.